The van der Waals surface area contributed by atoms with Crippen LogP contribution in [0.15, 0.2) is 55.1 Å². The van der Waals surface area contributed by atoms with Gasteiger partial charge >= 0.3 is 0 Å². The van der Waals surface area contributed by atoms with Crippen molar-refractivity contribution < 1.29 is 20.1 Å². The van der Waals surface area contributed by atoms with Crippen molar-refractivity contribution in [2.24, 2.45) is 0 Å². The molecule has 3 N–H and O–H groups in total. The largest absolute Gasteiger partial charge is 0.387 e. The number of rotatable bonds is 3. The van der Waals surface area contributed by atoms with Crippen molar-refractivity contribution in [2.45, 2.75) is 30.6 Å². The zero-order chi connectivity index (χ0) is 16.7. The van der Waals surface area contributed by atoms with Gasteiger partial charge in [0.15, 0.2) is 6.23 Å². The molecule has 5 atom stereocenters. The molecular weight excluding hydrogens is 310 g/mol. The van der Waals surface area contributed by atoms with E-state index in [4.69, 9.17) is 4.74 Å². The molecular formula is C17H17N3O4. The topological polar surface area (TPSA) is 101 Å². The summed E-state index contributed by atoms with van der Waals surface area (Å²) in [6.07, 6.45) is -0.431. The lowest BCUT2D eigenvalue weighted by atomic mass is 9.99. The monoisotopic (exact) mass is 327 g/mol. The summed E-state index contributed by atoms with van der Waals surface area (Å²) < 4.78 is 7.45. The lowest BCUT2D eigenvalue weighted by molar-refractivity contribution is -0.0848. The van der Waals surface area contributed by atoms with Crippen LogP contribution in [0.25, 0.3) is 11.0 Å². The Kier molecular flexibility index (Phi) is 3.78. The van der Waals surface area contributed by atoms with Crippen LogP contribution in [0.1, 0.15) is 17.9 Å². The first-order valence-corrected chi connectivity index (χ1v) is 7.68. The number of ether oxygens (including phenoxy) is 1. The fourth-order valence-corrected chi connectivity index (χ4v) is 3.12. The number of aliphatic hydroxyl groups excluding tert-OH is 3. The highest BCUT2D eigenvalue weighted by Crippen LogP contribution is 2.37. The number of nitrogens with zero attached hydrogens (tertiary/aromatic N) is 3. The molecule has 3 heterocycles. The summed E-state index contributed by atoms with van der Waals surface area (Å²) in [5.41, 5.74) is 1.21. The highest BCUT2D eigenvalue weighted by Gasteiger charge is 2.47. The Hall–Kier alpha value is -2.32. The second-order valence-electron chi connectivity index (χ2n) is 5.85. The predicted molar refractivity (Wildman–Crippen MR) is 84.9 cm³/mol. The molecule has 1 saturated heterocycles. The molecule has 0 radical (unpaired) electrons. The summed E-state index contributed by atoms with van der Waals surface area (Å²) in [4.78, 5) is 8.14. The molecule has 3 aromatic rings. The van der Waals surface area contributed by atoms with Crippen LogP contribution in [-0.2, 0) is 4.74 Å². The van der Waals surface area contributed by atoms with Crippen LogP contribution < -0.4 is 0 Å². The van der Waals surface area contributed by atoms with E-state index in [0.29, 0.717) is 11.2 Å². The fourth-order valence-electron chi connectivity index (χ4n) is 3.12. The Morgan fingerprint density at radius 2 is 1.88 bits per heavy atom. The summed E-state index contributed by atoms with van der Waals surface area (Å²) in [7, 11) is 0. The molecule has 1 aromatic carbocycles. The van der Waals surface area contributed by atoms with E-state index < -0.39 is 30.6 Å². The Labute approximate surface area is 137 Å². The molecule has 0 bridgehead atoms. The number of hydrogen-bond donors (Lipinski definition) is 3. The van der Waals surface area contributed by atoms with Gasteiger partial charge < -0.3 is 24.6 Å². The molecule has 0 amide bonds. The number of aromatic nitrogens is 3. The van der Waals surface area contributed by atoms with E-state index in [1.165, 1.54) is 6.33 Å². The Balaban J connectivity index is 1.65. The molecule has 2 aromatic heterocycles. The molecule has 1 aliphatic heterocycles. The molecule has 1 fully saturated rings. The first kappa shape index (κ1) is 15.2. The van der Waals surface area contributed by atoms with Crippen molar-refractivity contribution in [3.05, 3.63) is 60.7 Å². The summed E-state index contributed by atoms with van der Waals surface area (Å²) >= 11 is 0. The summed E-state index contributed by atoms with van der Waals surface area (Å²) in [6.45, 7) is 0. The molecule has 24 heavy (non-hydrogen) atoms. The van der Waals surface area contributed by atoms with Crippen LogP contribution in [0, 0.1) is 0 Å². The van der Waals surface area contributed by atoms with Crippen molar-refractivity contribution >= 4 is 11.0 Å². The zero-order valence-corrected chi connectivity index (χ0v) is 12.7. The first-order valence-electron chi connectivity index (χ1n) is 7.68. The summed E-state index contributed by atoms with van der Waals surface area (Å²) in [5.74, 6) is 0. The third-order valence-corrected chi connectivity index (χ3v) is 4.38. The third kappa shape index (κ3) is 2.38. The van der Waals surface area contributed by atoms with Crippen LogP contribution in [0.3, 0.4) is 0 Å². The van der Waals surface area contributed by atoms with Gasteiger partial charge in [-0.15, -0.1) is 0 Å². The van der Waals surface area contributed by atoms with Crippen LogP contribution in [0.4, 0.5) is 0 Å². The van der Waals surface area contributed by atoms with Gasteiger partial charge in [-0.05, 0) is 11.6 Å². The number of benzene rings is 1. The molecule has 0 aliphatic carbocycles. The standard InChI is InChI=1S/C17H17N3O4/c21-12(10-4-2-1-3-5-10)15-13(22)14(23)17(24-15)20-7-6-11-8-18-9-19-16(11)20/h1-9,12-15,17,21-23H/t12-,13+,14-,15-,17-/m1/s1. The third-order valence-electron chi connectivity index (χ3n) is 4.38. The van der Waals surface area contributed by atoms with Gasteiger partial charge in [-0.1, -0.05) is 30.3 Å². The second-order valence-corrected chi connectivity index (χ2v) is 5.85. The maximum absolute atomic E-state index is 10.5. The molecule has 1 aliphatic rings. The van der Waals surface area contributed by atoms with E-state index in [1.54, 1.807) is 47.3 Å². The normalized spacial score (nSPS) is 28.3. The maximum Gasteiger partial charge on any atom is 0.164 e. The van der Waals surface area contributed by atoms with Gasteiger partial charge in [-0.3, -0.25) is 0 Å². The Morgan fingerprint density at radius 3 is 2.67 bits per heavy atom. The van der Waals surface area contributed by atoms with E-state index in [-0.39, 0.29) is 0 Å². The van der Waals surface area contributed by atoms with Gasteiger partial charge in [0.05, 0.1) is 0 Å². The Morgan fingerprint density at radius 1 is 1.08 bits per heavy atom. The highest BCUT2D eigenvalue weighted by molar-refractivity contribution is 5.74. The quantitative estimate of drug-likeness (QED) is 0.657. The van der Waals surface area contributed by atoms with Crippen molar-refractivity contribution in [3.63, 3.8) is 0 Å². The van der Waals surface area contributed by atoms with Gasteiger partial charge in [-0.2, -0.15) is 0 Å². The van der Waals surface area contributed by atoms with Crippen LogP contribution in [0.5, 0.6) is 0 Å². The van der Waals surface area contributed by atoms with Crippen LogP contribution >= 0.6 is 0 Å². The SMILES string of the molecule is O[C@@H]1[C@H](O)[C@@H]([C@H](O)c2ccccc2)O[C@H]1n1ccc2cncnc21. The second kappa shape index (κ2) is 5.95. The minimum atomic E-state index is -1.22. The van der Waals surface area contributed by atoms with Gasteiger partial charge in [0, 0.05) is 17.8 Å². The van der Waals surface area contributed by atoms with E-state index in [9.17, 15) is 15.3 Å². The molecule has 0 unspecified atom stereocenters. The molecule has 0 spiro atoms. The zero-order valence-electron chi connectivity index (χ0n) is 12.7. The van der Waals surface area contributed by atoms with Gasteiger partial charge in [0.2, 0.25) is 0 Å². The lowest BCUT2D eigenvalue weighted by Gasteiger charge is -2.21. The number of hydrogen-bond acceptors (Lipinski definition) is 6. The van der Waals surface area contributed by atoms with Crippen molar-refractivity contribution in [2.75, 3.05) is 0 Å². The van der Waals surface area contributed by atoms with Gasteiger partial charge in [0.1, 0.15) is 36.4 Å². The fraction of sp³-hybridized carbons (Fsp3) is 0.294. The molecule has 7 heteroatoms. The average Bonchev–Trinajstić information content (AvgIpc) is 3.17. The molecule has 0 saturated carbocycles. The van der Waals surface area contributed by atoms with E-state index in [0.717, 1.165) is 5.39 Å². The molecule has 4 rings (SSSR count). The number of aliphatic hydroxyl groups is 3. The van der Waals surface area contributed by atoms with E-state index in [1.807, 2.05) is 6.07 Å². The minimum absolute atomic E-state index is 0.594. The average molecular weight is 327 g/mol. The van der Waals surface area contributed by atoms with Crippen molar-refractivity contribution in [3.8, 4) is 0 Å². The molecule has 124 valence electrons. The van der Waals surface area contributed by atoms with Gasteiger partial charge in [-0.25, -0.2) is 9.97 Å². The Bertz CT molecular complexity index is 838. The minimum Gasteiger partial charge on any atom is -0.387 e. The van der Waals surface area contributed by atoms with Crippen LogP contribution in [0.2, 0.25) is 0 Å². The highest BCUT2D eigenvalue weighted by atomic mass is 16.6. The van der Waals surface area contributed by atoms with E-state index >= 15 is 0 Å². The van der Waals surface area contributed by atoms with Crippen molar-refractivity contribution in [1.82, 2.24) is 14.5 Å². The number of fused-ring (bicyclic) bond motifs is 1. The summed E-state index contributed by atoms with van der Waals surface area (Å²) in [6, 6.07) is 10.7. The lowest BCUT2D eigenvalue weighted by Crippen LogP contribution is -2.34. The van der Waals surface area contributed by atoms with E-state index in [2.05, 4.69) is 9.97 Å². The predicted octanol–water partition coefficient (Wildman–Crippen LogP) is 0.784. The maximum atomic E-state index is 10.5. The van der Waals surface area contributed by atoms with Gasteiger partial charge in [0.25, 0.3) is 0 Å². The van der Waals surface area contributed by atoms with Crippen molar-refractivity contribution in [1.29, 1.82) is 0 Å². The smallest absolute Gasteiger partial charge is 0.164 e. The summed E-state index contributed by atoms with van der Waals surface area (Å²) in [5, 5.41) is 32.1. The molecule has 7 nitrogen and oxygen atoms in total. The van der Waals surface area contributed by atoms with Crippen LogP contribution in [-0.4, -0.2) is 48.2 Å². The first-order chi connectivity index (χ1) is 11.7.